The molecule has 5 nitrogen and oxygen atoms in total. The average molecular weight is 378 g/mol. The first-order valence-electron chi connectivity index (χ1n) is 8.64. The summed E-state index contributed by atoms with van der Waals surface area (Å²) in [7, 11) is -3.78. The Balaban J connectivity index is 1.51. The zero-order valence-electron chi connectivity index (χ0n) is 14.8. The van der Waals surface area contributed by atoms with Gasteiger partial charge in [0.15, 0.2) is 0 Å². The molecule has 0 unspecified atom stereocenters. The number of benzene rings is 2. The number of rotatable bonds is 6. The largest absolute Gasteiger partial charge is 0.492 e. The molecule has 0 N–H and O–H groups in total. The van der Waals surface area contributed by atoms with Gasteiger partial charge in [0.2, 0.25) is 10.0 Å². The highest BCUT2D eigenvalue weighted by Crippen LogP contribution is 2.20. The molecule has 1 aliphatic heterocycles. The standard InChI is InChI=1S/C19H23FN2O3S/c1-16-6-2-4-8-18(16)25-15-14-21-10-12-22(13-11-21)26(23,24)19-9-5-3-7-17(19)20/h2-9H,10-15H2,1H3. The van der Waals surface area contributed by atoms with Crippen molar-refractivity contribution < 1.29 is 17.5 Å². The lowest BCUT2D eigenvalue weighted by molar-refractivity contribution is 0.158. The van der Waals surface area contributed by atoms with Crippen LogP contribution >= 0.6 is 0 Å². The minimum atomic E-state index is -3.78. The number of halogens is 1. The van der Waals surface area contributed by atoms with Crippen molar-refractivity contribution in [3.63, 3.8) is 0 Å². The van der Waals surface area contributed by atoms with Gasteiger partial charge in [-0.15, -0.1) is 0 Å². The van der Waals surface area contributed by atoms with Gasteiger partial charge in [0.1, 0.15) is 23.1 Å². The van der Waals surface area contributed by atoms with Crippen LogP contribution in [0.2, 0.25) is 0 Å². The third kappa shape index (κ3) is 4.23. The van der Waals surface area contributed by atoms with Gasteiger partial charge in [-0.2, -0.15) is 4.31 Å². The van der Waals surface area contributed by atoms with Crippen molar-refractivity contribution in [1.29, 1.82) is 0 Å². The van der Waals surface area contributed by atoms with E-state index in [1.807, 2.05) is 31.2 Å². The lowest BCUT2D eigenvalue weighted by atomic mass is 10.2. The maximum atomic E-state index is 13.8. The number of hydrogen-bond donors (Lipinski definition) is 0. The van der Waals surface area contributed by atoms with Crippen molar-refractivity contribution in [1.82, 2.24) is 9.21 Å². The predicted octanol–water partition coefficient (Wildman–Crippen LogP) is 2.52. The molecule has 0 amide bonds. The molecule has 0 aliphatic carbocycles. The van der Waals surface area contributed by atoms with Crippen LogP contribution in [0.1, 0.15) is 5.56 Å². The minimum Gasteiger partial charge on any atom is -0.492 e. The van der Waals surface area contributed by atoms with Gasteiger partial charge in [0.25, 0.3) is 0 Å². The Morgan fingerprint density at radius 2 is 1.65 bits per heavy atom. The van der Waals surface area contributed by atoms with E-state index < -0.39 is 15.8 Å². The van der Waals surface area contributed by atoms with Crippen molar-refractivity contribution in [2.45, 2.75) is 11.8 Å². The summed E-state index contributed by atoms with van der Waals surface area (Å²) in [5.41, 5.74) is 1.09. The van der Waals surface area contributed by atoms with Gasteiger partial charge < -0.3 is 4.74 Å². The van der Waals surface area contributed by atoms with E-state index in [0.717, 1.165) is 17.9 Å². The predicted molar refractivity (Wildman–Crippen MR) is 98.3 cm³/mol. The number of piperazine rings is 1. The summed E-state index contributed by atoms with van der Waals surface area (Å²) in [4.78, 5) is 1.90. The molecule has 1 heterocycles. The van der Waals surface area contributed by atoms with Gasteiger partial charge >= 0.3 is 0 Å². The van der Waals surface area contributed by atoms with Gasteiger partial charge in [-0.05, 0) is 30.7 Å². The molecule has 1 aliphatic rings. The molecule has 140 valence electrons. The summed E-state index contributed by atoms with van der Waals surface area (Å²) in [6, 6.07) is 13.4. The molecule has 26 heavy (non-hydrogen) atoms. The smallest absolute Gasteiger partial charge is 0.246 e. The van der Waals surface area contributed by atoms with Crippen LogP contribution in [0.25, 0.3) is 0 Å². The lowest BCUT2D eigenvalue weighted by Crippen LogP contribution is -2.49. The number of hydrogen-bond acceptors (Lipinski definition) is 4. The van der Waals surface area contributed by atoms with Crippen LogP contribution in [0.3, 0.4) is 0 Å². The zero-order chi connectivity index (χ0) is 18.6. The molecule has 0 aromatic heterocycles. The van der Waals surface area contributed by atoms with Crippen LogP contribution in [-0.2, 0) is 10.0 Å². The molecule has 2 aromatic carbocycles. The van der Waals surface area contributed by atoms with Crippen molar-refractivity contribution >= 4 is 10.0 Å². The fraction of sp³-hybridized carbons (Fsp3) is 0.368. The van der Waals surface area contributed by atoms with Crippen molar-refractivity contribution in [2.75, 3.05) is 39.3 Å². The van der Waals surface area contributed by atoms with Crippen LogP contribution in [0.15, 0.2) is 53.4 Å². The number of sulfonamides is 1. The highest BCUT2D eigenvalue weighted by molar-refractivity contribution is 7.89. The van der Waals surface area contributed by atoms with Crippen LogP contribution in [-0.4, -0.2) is 57.0 Å². The molecule has 7 heteroatoms. The van der Waals surface area contributed by atoms with Gasteiger partial charge in [0.05, 0.1) is 0 Å². The quantitative estimate of drug-likeness (QED) is 0.775. The first kappa shape index (κ1) is 18.8. The molecule has 3 rings (SSSR count). The Hall–Kier alpha value is -1.96. The minimum absolute atomic E-state index is 0.253. The number of nitrogens with zero attached hydrogens (tertiary/aromatic N) is 2. The van der Waals surface area contributed by atoms with E-state index in [1.54, 1.807) is 0 Å². The van der Waals surface area contributed by atoms with Crippen molar-refractivity contribution in [3.8, 4) is 5.75 Å². The zero-order valence-corrected chi connectivity index (χ0v) is 15.6. The van der Waals surface area contributed by atoms with E-state index in [2.05, 4.69) is 4.90 Å². The highest BCUT2D eigenvalue weighted by Gasteiger charge is 2.30. The van der Waals surface area contributed by atoms with E-state index >= 15 is 0 Å². The second-order valence-electron chi connectivity index (χ2n) is 6.29. The SMILES string of the molecule is Cc1ccccc1OCCN1CCN(S(=O)(=O)c2ccccc2F)CC1. The van der Waals surface area contributed by atoms with E-state index in [4.69, 9.17) is 4.74 Å². The Labute approximate surface area is 154 Å². The highest BCUT2D eigenvalue weighted by atomic mass is 32.2. The van der Waals surface area contributed by atoms with E-state index in [-0.39, 0.29) is 4.90 Å². The fourth-order valence-electron chi connectivity index (χ4n) is 2.99. The second-order valence-corrected chi connectivity index (χ2v) is 8.20. The fourth-order valence-corrected chi connectivity index (χ4v) is 4.48. The molecule has 0 bridgehead atoms. The molecular formula is C19H23FN2O3S. The van der Waals surface area contributed by atoms with E-state index in [0.29, 0.717) is 32.8 Å². The topological polar surface area (TPSA) is 49.9 Å². The van der Waals surface area contributed by atoms with E-state index in [1.165, 1.54) is 28.6 Å². The Morgan fingerprint density at radius 3 is 2.35 bits per heavy atom. The van der Waals surface area contributed by atoms with Crippen LogP contribution < -0.4 is 4.74 Å². The van der Waals surface area contributed by atoms with E-state index in [9.17, 15) is 12.8 Å². The number of aryl methyl sites for hydroxylation is 1. The molecular weight excluding hydrogens is 355 g/mol. The summed E-state index contributed by atoms with van der Waals surface area (Å²) in [6.45, 7) is 5.17. The summed E-state index contributed by atoms with van der Waals surface area (Å²) < 4.78 is 46.2. The van der Waals surface area contributed by atoms with Gasteiger partial charge in [-0.3, -0.25) is 4.90 Å². The summed E-state index contributed by atoms with van der Waals surface area (Å²) in [6.07, 6.45) is 0. The maximum Gasteiger partial charge on any atom is 0.246 e. The monoisotopic (exact) mass is 378 g/mol. The first-order chi connectivity index (χ1) is 12.5. The molecule has 1 saturated heterocycles. The van der Waals surface area contributed by atoms with Crippen molar-refractivity contribution in [3.05, 3.63) is 59.9 Å². The molecule has 0 spiro atoms. The molecule has 0 radical (unpaired) electrons. The molecule has 0 atom stereocenters. The maximum absolute atomic E-state index is 13.8. The third-order valence-electron chi connectivity index (χ3n) is 4.54. The van der Waals surface area contributed by atoms with Gasteiger partial charge in [-0.1, -0.05) is 30.3 Å². The normalized spacial score (nSPS) is 16.5. The van der Waals surface area contributed by atoms with Gasteiger partial charge in [0, 0.05) is 32.7 Å². The Bertz CT molecular complexity index is 849. The van der Waals surface area contributed by atoms with Crippen LogP contribution in [0.5, 0.6) is 5.75 Å². The number of ether oxygens (including phenoxy) is 1. The Kier molecular flexibility index (Phi) is 5.90. The average Bonchev–Trinajstić information content (AvgIpc) is 2.64. The summed E-state index contributed by atoms with van der Waals surface area (Å²) >= 11 is 0. The Morgan fingerprint density at radius 1 is 1.00 bits per heavy atom. The third-order valence-corrected chi connectivity index (χ3v) is 6.48. The summed E-state index contributed by atoms with van der Waals surface area (Å²) in [5, 5.41) is 0. The van der Waals surface area contributed by atoms with Crippen LogP contribution in [0.4, 0.5) is 4.39 Å². The number of para-hydroxylation sites is 1. The van der Waals surface area contributed by atoms with Crippen LogP contribution in [0, 0.1) is 12.7 Å². The van der Waals surface area contributed by atoms with Gasteiger partial charge in [-0.25, -0.2) is 12.8 Å². The second kappa shape index (κ2) is 8.16. The summed E-state index contributed by atoms with van der Waals surface area (Å²) in [5.74, 6) is 0.162. The van der Waals surface area contributed by atoms with Crippen molar-refractivity contribution in [2.24, 2.45) is 0 Å². The lowest BCUT2D eigenvalue weighted by Gasteiger charge is -2.33. The molecule has 2 aromatic rings. The molecule has 0 saturated carbocycles. The molecule has 1 fully saturated rings. The first-order valence-corrected chi connectivity index (χ1v) is 10.1.